The molecule has 0 amide bonds. The van der Waals surface area contributed by atoms with Crippen molar-refractivity contribution in [3.05, 3.63) is 41.6 Å². The summed E-state index contributed by atoms with van der Waals surface area (Å²) < 4.78 is 45.3. The second-order valence-corrected chi connectivity index (χ2v) is 4.16. The fraction of sp³-hybridized carbons (Fsp3) is 0.308. The lowest BCUT2D eigenvalue weighted by Gasteiger charge is -2.13. The summed E-state index contributed by atoms with van der Waals surface area (Å²) in [5.74, 6) is 0.108. The lowest BCUT2D eigenvalue weighted by molar-refractivity contribution is -0.139. The van der Waals surface area contributed by atoms with Crippen LogP contribution in [0.5, 0.6) is 5.75 Å². The fourth-order valence-corrected chi connectivity index (χ4v) is 1.85. The van der Waals surface area contributed by atoms with Crippen LogP contribution in [0, 0.1) is 0 Å². The molecule has 0 radical (unpaired) electrons. The highest BCUT2D eigenvalue weighted by Gasteiger charge is 2.34. The maximum atomic E-state index is 12.8. The van der Waals surface area contributed by atoms with Crippen LogP contribution in [0.1, 0.15) is 18.2 Å². The van der Waals surface area contributed by atoms with Gasteiger partial charge in [-0.2, -0.15) is 18.3 Å². The Bertz CT molecular complexity index is 593. The number of halogens is 3. The van der Waals surface area contributed by atoms with Gasteiger partial charge in [-0.15, -0.1) is 0 Å². The number of aromatic nitrogens is 2. The van der Waals surface area contributed by atoms with E-state index in [2.05, 4.69) is 5.10 Å². The molecule has 0 aliphatic rings. The highest BCUT2D eigenvalue weighted by molar-refractivity contribution is 5.36. The zero-order valence-corrected chi connectivity index (χ0v) is 10.8. The number of rotatable bonds is 4. The van der Waals surface area contributed by atoms with Crippen LogP contribution in [-0.4, -0.2) is 9.78 Å². The quantitative estimate of drug-likeness (QED) is 0.939. The smallest absolute Gasteiger partial charge is 0.419 e. The van der Waals surface area contributed by atoms with Gasteiger partial charge < -0.3 is 10.5 Å². The number of hydrogen-bond donors (Lipinski definition) is 1. The molecule has 0 unspecified atom stereocenters. The predicted molar refractivity (Wildman–Crippen MR) is 68.1 cm³/mol. The number of aryl methyl sites for hydroxylation is 1. The van der Waals surface area contributed by atoms with Crippen LogP contribution in [0.2, 0.25) is 0 Å². The van der Waals surface area contributed by atoms with Crippen molar-refractivity contribution < 1.29 is 17.9 Å². The van der Waals surface area contributed by atoms with E-state index in [9.17, 15) is 13.2 Å². The monoisotopic (exact) mass is 285 g/mol. The second kappa shape index (κ2) is 5.44. The Morgan fingerprint density at radius 2 is 2.00 bits per heavy atom. The second-order valence-electron chi connectivity index (χ2n) is 4.16. The molecule has 2 N–H and O–H groups in total. The van der Waals surface area contributed by atoms with Crippen LogP contribution in [-0.2, 0) is 19.3 Å². The lowest BCUT2D eigenvalue weighted by atomic mass is 10.2. The highest BCUT2D eigenvalue weighted by Crippen LogP contribution is 2.36. The van der Waals surface area contributed by atoms with Crippen molar-refractivity contribution in [3.63, 3.8) is 0 Å². The summed E-state index contributed by atoms with van der Waals surface area (Å²) in [6.07, 6.45) is -4.44. The number of hydrogen-bond acceptors (Lipinski definition) is 3. The molecule has 20 heavy (non-hydrogen) atoms. The zero-order valence-electron chi connectivity index (χ0n) is 10.8. The van der Waals surface area contributed by atoms with Gasteiger partial charge in [0.05, 0.1) is 11.3 Å². The summed E-state index contributed by atoms with van der Waals surface area (Å²) in [6, 6.07) is 6.68. The predicted octanol–water partition coefficient (Wildman–Crippen LogP) is 3.08. The number of benzene rings is 1. The van der Waals surface area contributed by atoms with Gasteiger partial charge in [0.1, 0.15) is 18.2 Å². The average Bonchev–Trinajstić information content (AvgIpc) is 2.76. The number of nitrogen functional groups attached to an aromatic ring is 1. The van der Waals surface area contributed by atoms with Crippen molar-refractivity contribution in [1.29, 1.82) is 0 Å². The molecule has 0 spiro atoms. The van der Waals surface area contributed by atoms with Crippen LogP contribution in [0.3, 0.4) is 0 Å². The number of nitrogens with two attached hydrogens (primary N) is 1. The van der Waals surface area contributed by atoms with Crippen molar-refractivity contribution in [3.8, 4) is 5.75 Å². The molecule has 0 bridgehead atoms. The molecular weight excluding hydrogens is 271 g/mol. The number of para-hydroxylation sites is 1. The van der Waals surface area contributed by atoms with E-state index in [0.29, 0.717) is 18.1 Å². The van der Waals surface area contributed by atoms with Gasteiger partial charge in [0.2, 0.25) is 0 Å². The Hall–Kier alpha value is -2.18. The van der Waals surface area contributed by atoms with Crippen molar-refractivity contribution in [2.24, 2.45) is 0 Å². The molecule has 1 aromatic heterocycles. The van der Waals surface area contributed by atoms with E-state index in [-0.39, 0.29) is 12.4 Å². The molecule has 7 heteroatoms. The first-order valence-corrected chi connectivity index (χ1v) is 6.03. The summed E-state index contributed by atoms with van der Waals surface area (Å²) in [7, 11) is 0. The summed E-state index contributed by atoms with van der Waals surface area (Å²) in [6.45, 7) is 2.40. The number of anilines is 1. The van der Waals surface area contributed by atoms with Crippen molar-refractivity contribution >= 4 is 5.82 Å². The normalized spacial score (nSPS) is 11.6. The summed E-state index contributed by atoms with van der Waals surface area (Å²) in [4.78, 5) is 0. The van der Waals surface area contributed by atoms with Gasteiger partial charge >= 0.3 is 6.18 Å². The van der Waals surface area contributed by atoms with E-state index in [4.69, 9.17) is 10.5 Å². The molecule has 0 aliphatic heterocycles. The standard InChI is InChI=1S/C13H14F3N3O/c1-2-19-9(7-12(17)18-19)8-20-11-6-4-3-5-10(11)13(14,15)16/h3-7H,2,8H2,1H3,(H2,17,18). The molecule has 2 rings (SSSR count). The van der Waals surface area contributed by atoms with Gasteiger partial charge in [-0.05, 0) is 19.1 Å². The minimum atomic E-state index is -4.44. The molecule has 1 heterocycles. The first-order chi connectivity index (χ1) is 9.41. The van der Waals surface area contributed by atoms with Crippen LogP contribution in [0.25, 0.3) is 0 Å². The molecular formula is C13H14F3N3O. The van der Waals surface area contributed by atoms with Crippen molar-refractivity contribution in [2.45, 2.75) is 26.3 Å². The molecule has 2 aromatic rings. The van der Waals surface area contributed by atoms with Crippen LogP contribution in [0.15, 0.2) is 30.3 Å². The third-order valence-electron chi connectivity index (χ3n) is 2.75. The van der Waals surface area contributed by atoms with Gasteiger partial charge in [0.25, 0.3) is 0 Å². The third kappa shape index (κ3) is 3.04. The number of nitrogens with zero attached hydrogens (tertiary/aromatic N) is 2. The topological polar surface area (TPSA) is 53.1 Å². The minimum Gasteiger partial charge on any atom is -0.487 e. The molecule has 4 nitrogen and oxygen atoms in total. The third-order valence-corrected chi connectivity index (χ3v) is 2.75. The van der Waals surface area contributed by atoms with Crippen LogP contribution in [0.4, 0.5) is 19.0 Å². The average molecular weight is 285 g/mol. The van der Waals surface area contributed by atoms with E-state index < -0.39 is 11.7 Å². The molecule has 0 atom stereocenters. The molecule has 0 saturated heterocycles. The number of alkyl halides is 3. The van der Waals surface area contributed by atoms with E-state index in [1.165, 1.54) is 18.2 Å². The Morgan fingerprint density at radius 3 is 2.65 bits per heavy atom. The maximum absolute atomic E-state index is 12.8. The summed E-state index contributed by atoms with van der Waals surface area (Å²) in [5, 5.41) is 4.00. The minimum absolute atomic E-state index is 0.0227. The summed E-state index contributed by atoms with van der Waals surface area (Å²) in [5.41, 5.74) is 5.39. The first kappa shape index (κ1) is 14.2. The van der Waals surface area contributed by atoms with Crippen LogP contribution >= 0.6 is 0 Å². The Kier molecular flexibility index (Phi) is 3.87. The largest absolute Gasteiger partial charge is 0.487 e. The Labute approximate surface area is 114 Å². The molecule has 0 aliphatic carbocycles. The molecule has 108 valence electrons. The first-order valence-electron chi connectivity index (χ1n) is 6.03. The van der Waals surface area contributed by atoms with Gasteiger partial charge in [0.15, 0.2) is 0 Å². The summed E-state index contributed by atoms with van der Waals surface area (Å²) >= 11 is 0. The van der Waals surface area contributed by atoms with E-state index >= 15 is 0 Å². The van der Waals surface area contributed by atoms with Gasteiger partial charge in [-0.3, -0.25) is 4.68 Å². The van der Waals surface area contributed by atoms with Gasteiger partial charge in [0, 0.05) is 12.6 Å². The fourth-order valence-electron chi connectivity index (χ4n) is 1.85. The SMILES string of the molecule is CCn1nc(N)cc1COc1ccccc1C(F)(F)F. The Morgan fingerprint density at radius 1 is 1.30 bits per heavy atom. The number of ether oxygens (including phenoxy) is 1. The van der Waals surface area contributed by atoms with E-state index in [0.717, 1.165) is 6.07 Å². The highest BCUT2D eigenvalue weighted by atomic mass is 19.4. The van der Waals surface area contributed by atoms with Gasteiger partial charge in [-0.25, -0.2) is 0 Å². The molecule has 0 fully saturated rings. The molecule has 0 saturated carbocycles. The van der Waals surface area contributed by atoms with Crippen molar-refractivity contribution in [1.82, 2.24) is 9.78 Å². The Balaban J connectivity index is 2.19. The maximum Gasteiger partial charge on any atom is 0.419 e. The van der Waals surface area contributed by atoms with E-state index in [1.807, 2.05) is 6.92 Å². The lowest BCUT2D eigenvalue weighted by Crippen LogP contribution is -2.10. The van der Waals surface area contributed by atoms with Crippen molar-refractivity contribution in [2.75, 3.05) is 5.73 Å². The molecule has 1 aromatic carbocycles. The van der Waals surface area contributed by atoms with Crippen LogP contribution < -0.4 is 10.5 Å². The zero-order chi connectivity index (χ0) is 14.8. The van der Waals surface area contributed by atoms with E-state index in [1.54, 1.807) is 10.7 Å². The van der Waals surface area contributed by atoms with Gasteiger partial charge in [-0.1, -0.05) is 12.1 Å².